The van der Waals surface area contributed by atoms with Gasteiger partial charge in [-0.1, -0.05) is 73.2 Å². The Morgan fingerprint density at radius 2 is 0.926 bits per heavy atom. The van der Waals surface area contributed by atoms with E-state index in [4.69, 9.17) is 18.9 Å². The number of para-hydroxylation sites is 3. The van der Waals surface area contributed by atoms with Crippen LogP contribution in [0.4, 0.5) is 5.69 Å². The third-order valence-electron chi connectivity index (χ3n) is 8.56. The molecule has 0 spiro atoms. The Hall–Kier alpha value is -3.77. The number of hydrogen-bond donors (Lipinski definition) is 5. The molecular weight excluding hydrogens is 679 g/mol. The minimum atomic E-state index is -0.0938. The van der Waals surface area contributed by atoms with Crippen LogP contribution >= 0.6 is 0 Å². The van der Waals surface area contributed by atoms with Crippen LogP contribution in [0, 0.1) is 0 Å². The van der Waals surface area contributed by atoms with E-state index in [1.807, 2.05) is 79.0 Å². The van der Waals surface area contributed by atoms with E-state index < -0.39 is 0 Å². The molecule has 10 heteroatoms. The summed E-state index contributed by atoms with van der Waals surface area (Å²) in [6, 6.07) is 29.6. The molecule has 0 unspecified atom stereocenters. The Morgan fingerprint density at radius 1 is 0.444 bits per heavy atom. The van der Waals surface area contributed by atoms with Gasteiger partial charge in [0.2, 0.25) is 0 Å². The van der Waals surface area contributed by atoms with Crippen LogP contribution in [-0.4, -0.2) is 96.4 Å². The second-order valence-electron chi connectivity index (χ2n) is 13.2. The lowest BCUT2D eigenvalue weighted by atomic mass is 10.2. The van der Waals surface area contributed by atoms with Crippen molar-refractivity contribution in [3.05, 3.63) is 97.2 Å². The maximum atomic E-state index is 10.8. The van der Waals surface area contributed by atoms with Gasteiger partial charge >= 0.3 is 0 Å². The average Bonchev–Trinajstić information content (AvgIpc) is 4.12. The number of aromatic amines is 1. The van der Waals surface area contributed by atoms with Gasteiger partial charge in [-0.2, -0.15) is 0 Å². The van der Waals surface area contributed by atoms with Gasteiger partial charge in [0.05, 0.1) is 18.9 Å². The molecule has 3 aromatic carbocycles. The molecule has 5 N–H and O–H groups in total. The highest BCUT2D eigenvalue weighted by Crippen LogP contribution is 2.25. The molecule has 1 amide bonds. The van der Waals surface area contributed by atoms with E-state index in [1.54, 1.807) is 0 Å². The van der Waals surface area contributed by atoms with Crippen LogP contribution in [0.3, 0.4) is 0 Å². The van der Waals surface area contributed by atoms with Crippen LogP contribution in [0.25, 0.3) is 10.9 Å². The quantitative estimate of drug-likeness (QED) is 0.125. The highest BCUT2D eigenvalue weighted by atomic mass is 16.5. The van der Waals surface area contributed by atoms with Gasteiger partial charge in [-0.25, -0.2) is 0 Å². The van der Waals surface area contributed by atoms with Crippen molar-refractivity contribution in [2.45, 2.75) is 64.2 Å². The first-order chi connectivity index (χ1) is 26.8. The molecular formula is C44H67N5O5. The number of benzene rings is 3. The third-order valence-corrected chi connectivity index (χ3v) is 8.56. The zero-order valence-electron chi connectivity index (χ0n) is 32.5. The van der Waals surface area contributed by atoms with Crippen molar-refractivity contribution in [2.75, 3.05) is 90.8 Å². The highest BCUT2D eigenvalue weighted by molar-refractivity contribution is 5.95. The second kappa shape index (κ2) is 32.6. The number of fused-ring (bicyclic) bond motifs is 2. The largest absolute Gasteiger partial charge is 0.482 e. The van der Waals surface area contributed by atoms with Crippen LogP contribution in [0.15, 0.2) is 97.2 Å². The number of anilines is 1. The van der Waals surface area contributed by atoms with E-state index in [2.05, 4.69) is 44.5 Å². The summed E-state index contributed by atoms with van der Waals surface area (Å²) < 4.78 is 20.1. The number of carbonyl (C=O) groups excluding carboxylic acids is 1. The van der Waals surface area contributed by atoms with E-state index in [-0.39, 0.29) is 12.5 Å². The first-order valence-corrected chi connectivity index (χ1v) is 20.2. The number of amides is 1. The molecule has 10 rings (SSSR count). The molecule has 0 bridgehead atoms. The zero-order chi connectivity index (χ0) is 37.8. The van der Waals surface area contributed by atoms with Gasteiger partial charge in [0.15, 0.2) is 6.61 Å². The monoisotopic (exact) mass is 746 g/mol. The fourth-order valence-electron chi connectivity index (χ4n) is 5.55. The van der Waals surface area contributed by atoms with Crippen molar-refractivity contribution >= 4 is 22.5 Å². The molecule has 0 radical (unpaired) electrons. The van der Waals surface area contributed by atoms with E-state index in [0.717, 1.165) is 64.2 Å². The molecule has 7 heterocycles. The maximum Gasteiger partial charge on any atom is 0.262 e. The van der Waals surface area contributed by atoms with Crippen molar-refractivity contribution < 1.29 is 23.7 Å². The Morgan fingerprint density at radius 3 is 1.37 bits per heavy atom. The van der Waals surface area contributed by atoms with Crippen LogP contribution in [0.5, 0.6) is 5.75 Å². The lowest BCUT2D eigenvalue weighted by Crippen LogP contribution is -2.30. The molecule has 0 saturated carbocycles. The van der Waals surface area contributed by atoms with Gasteiger partial charge in [-0.05, 0) is 114 Å². The molecule has 1 aromatic heterocycles. The summed E-state index contributed by atoms with van der Waals surface area (Å²) in [4.78, 5) is 13.9. The number of H-pyrrole nitrogens is 1. The third kappa shape index (κ3) is 23.8. The van der Waals surface area contributed by atoms with Crippen LogP contribution in [0.1, 0.15) is 64.2 Å². The van der Waals surface area contributed by atoms with Crippen molar-refractivity contribution in [1.82, 2.24) is 20.9 Å². The van der Waals surface area contributed by atoms with E-state index in [0.29, 0.717) is 0 Å². The first kappa shape index (κ1) is 44.6. The molecule has 4 aromatic rings. The van der Waals surface area contributed by atoms with Gasteiger partial charge in [0, 0.05) is 51.2 Å². The molecule has 6 aliphatic rings. The lowest BCUT2D eigenvalue weighted by Gasteiger charge is -2.16. The Balaban J connectivity index is 0.000000169. The molecule has 6 aliphatic heterocycles. The fourth-order valence-corrected chi connectivity index (χ4v) is 5.55. The van der Waals surface area contributed by atoms with Gasteiger partial charge < -0.3 is 45.2 Å². The summed E-state index contributed by atoms with van der Waals surface area (Å²) in [7, 11) is 0. The summed E-state index contributed by atoms with van der Waals surface area (Å²) in [5.41, 5.74) is 1.96. The second-order valence-corrected chi connectivity index (χ2v) is 13.2. The Kier molecular flexibility index (Phi) is 27.0. The molecule has 54 heavy (non-hydrogen) atoms. The van der Waals surface area contributed by atoms with Gasteiger partial charge in [-0.3, -0.25) is 4.79 Å². The lowest BCUT2D eigenvalue weighted by molar-refractivity contribution is -0.118. The number of piperidine rings is 1. The number of hydrogen-bond acceptors (Lipinski definition) is 8. The predicted octanol–water partition coefficient (Wildman–Crippen LogP) is 7.59. The van der Waals surface area contributed by atoms with E-state index >= 15 is 0 Å². The summed E-state index contributed by atoms with van der Waals surface area (Å²) in [6.45, 7) is 13.0. The number of morpholine rings is 1. The Labute approximate surface area is 324 Å². The summed E-state index contributed by atoms with van der Waals surface area (Å²) in [6.07, 6.45) is 15.4. The molecule has 5 fully saturated rings. The topological polar surface area (TPSA) is 118 Å². The molecule has 0 aliphatic carbocycles. The Bertz CT molecular complexity index is 1260. The van der Waals surface area contributed by atoms with E-state index in [1.165, 1.54) is 101 Å². The van der Waals surface area contributed by atoms with Gasteiger partial charge in [0.25, 0.3) is 5.91 Å². The summed E-state index contributed by atoms with van der Waals surface area (Å²) in [5, 5.41) is 13.6. The fraction of sp³-hybridized carbons (Fsp3) is 0.523. The van der Waals surface area contributed by atoms with Crippen molar-refractivity contribution in [3.8, 4) is 5.75 Å². The normalized spacial score (nSPS) is 18.0. The molecule has 0 atom stereocenters. The predicted molar refractivity (Wildman–Crippen MR) is 223 cm³/mol. The zero-order valence-corrected chi connectivity index (χ0v) is 32.5. The minimum absolute atomic E-state index is 0.0938. The van der Waals surface area contributed by atoms with Crippen molar-refractivity contribution in [3.63, 3.8) is 0 Å². The van der Waals surface area contributed by atoms with Crippen LogP contribution < -0.4 is 26.0 Å². The first-order valence-electron chi connectivity index (χ1n) is 20.2. The number of aromatic nitrogens is 1. The van der Waals surface area contributed by atoms with Crippen LogP contribution in [0.2, 0.25) is 0 Å². The van der Waals surface area contributed by atoms with Crippen LogP contribution in [-0.2, 0) is 19.0 Å². The minimum Gasteiger partial charge on any atom is -0.482 e. The molecule has 10 nitrogen and oxygen atoms in total. The SMILES string of the molecule is C1CCNC1.C1CCNCC1.C1CCOC1.C1CCOCC1.C1COCCN1.O=C1COc2ccccc2N1.c1ccc2[nH]ccc2c1.c1ccccc1. The van der Waals surface area contributed by atoms with E-state index in [9.17, 15) is 4.79 Å². The van der Waals surface area contributed by atoms with Gasteiger partial charge in [-0.15, -0.1) is 0 Å². The highest BCUT2D eigenvalue weighted by Gasteiger charge is 2.13. The number of carbonyl (C=O) groups is 1. The van der Waals surface area contributed by atoms with Gasteiger partial charge in [0.1, 0.15) is 5.75 Å². The number of nitrogens with one attached hydrogen (secondary N) is 5. The summed E-state index contributed by atoms with van der Waals surface area (Å²) >= 11 is 0. The summed E-state index contributed by atoms with van der Waals surface area (Å²) in [5.74, 6) is 0.649. The maximum absolute atomic E-state index is 10.8. The van der Waals surface area contributed by atoms with Crippen molar-refractivity contribution in [1.29, 1.82) is 0 Å². The molecule has 298 valence electrons. The average molecular weight is 746 g/mol. The standard InChI is InChI=1S/C8H7NO2.C8H7N.C6H6.C5H11N.C5H10O.C4H9NO.C4H9N.C4H8O/c10-8-5-11-7-4-2-1-3-6(7)9-8;1-2-4-8-7(3-1)5-6-9-8;3*1-2-4-6-5-3-1;1-3-6-4-2-5-1;2*1-2-4-5-3-1/h1-4H,5H2,(H,9,10);1-6,9H;1-6H;6H,1-5H2;1-5H2;5H,1-4H2;5H,1-4H2;1-4H2. The van der Waals surface area contributed by atoms with Crippen molar-refractivity contribution in [2.24, 2.45) is 0 Å². The molecule has 5 saturated heterocycles. The smallest absolute Gasteiger partial charge is 0.262 e. The number of ether oxygens (including phenoxy) is 4. The number of rotatable bonds is 0.